The minimum absolute atomic E-state index is 0.624. The monoisotopic (exact) mass is 205 g/mol. The maximum absolute atomic E-state index is 5.51. The lowest BCUT2D eigenvalue weighted by Gasteiger charge is -2.11. The average Bonchev–Trinajstić information content (AvgIpc) is 2.20. The highest BCUT2D eigenvalue weighted by molar-refractivity contribution is 5.32. The first kappa shape index (κ1) is 12.3. The molecular formula is C14H23N. The summed E-state index contributed by atoms with van der Waals surface area (Å²) >= 11 is 0. The Morgan fingerprint density at radius 3 is 2.53 bits per heavy atom. The van der Waals surface area contributed by atoms with E-state index in [4.69, 9.17) is 5.73 Å². The molecule has 2 N–H and O–H groups in total. The van der Waals surface area contributed by atoms with Gasteiger partial charge in [-0.1, -0.05) is 32.0 Å². The van der Waals surface area contributed by atoms with Crippen LogP contribution < -0.4 is 5.73 Å². The van der Waals surface area contributed by atoms with Gasteiger partial charge >= 0.3 is 0 Å². The largest absolute Gasteiger partial charge is 0.330 e. The number of unbranched alkanes of at least 4 members (excludes halogenated alkanes) is 1. The van der Waals surface area contributed by atoms with E-state index in [-0.39, 0.29) is 0 Å². The molecule has 0 aliphatic rings. The number of benzene rings is 1. The van der Waals surface area contributed by atoms with E-state index < -0.39 is 0 Å². The van der Waals surface area contributed by atoms with Crippen molar-refractivity contribution in [3.05, 3.63) is 34.9 Å². The van der Waals surface area contributed by atoms with Crippen LogP contribution in [-0.2, 0) is 6.42 Å². The molecule has 0 saturated heterocycles. The van der Waals surface area contributed by atoms with Gasteiger partial charge in [-0.3, -0.25) is 0 Å². The van der Waals surface area contributed by atoms with Crippen molar-refractivity contribution in [2.75, 3.05) is 6.54 Å². The minimum atomic E-state index is 0.624. The van der Waals surface area contributed by atoms with Crippen molar-refractivity contribution in [3.63, 3.8) is 0 Å². The summed E-state index contributed by atoms with van der Waals surface area (Å²) in [6.45, 7) is 7.49. The van der Waals surface area contributed by atoms with Gasteiger partial charge in [0.2, 0.25) is 0 Å². The summed E-state index contributed by atoms with van der Waals surface area (Å²) in [7, 11) is 0. The molecule has 0 aromatic heterocycles. The molecule has 0 aliphatic carbocycles. The summed E-state index contributed by atoms with van der Waals surface area (Å²) in [5, 5.41) is 0. The summed E-state index contributed by atoms with van der Waals surface area (Å²) in [5.74, 6) is 0.624. The molecule has 0 aliphatic heterocycles. The molecule has 0 amide bonds. The molecular weight excluding hydrogens is 182 g/mol. The van der Waals surface area contributed by atoms with Gasteiger partial charge in [-0.2, -0.15) is 0 Å². The average molecular weight is 205 g/mol. The van der Waals surface area contributed by atoms with Gasteiger partial charge < -0.3 is 5.73 Å². The molecule has 0 spiro atoms. The van der Waals surface area contributed by atoms with E-state index in [1.165, 1.54) is 29.5 Å². The Balaban J connectivity index is 2.72. The Labute approximate surface area is 93.7 Å². The van der Waals surface area contributed by atoms with Crippen molar-refractivity contribution in [3.8, 4) is 0 Å². The number of aryl methyl sites for hydroxylation is 2. The van der Waals surface area contributed by atoms with Crippen molar-refractivity contribution in [1.29, 1.82) is 0 Å². The van der Waals surface area contributed by atoms with Crippen LogP contribution >= 0.6 is 0 Å². The molecule has 0 atom stereocenters. The quantitative estimate of drug-likeness (QED) is 0.733. The molecule has 1 nitrogen and oxygen atoms in total. The van der Waals surface area contributed by atoms with E-state index in [1.807, 2.05) is 0 Å². The smallest absolute Gasteiger partial charge is 0.00772 e. The Kier molecular flexibility index (Phi) is 4.83. The van der Waals surface area contributed by atoms with E-state index in [0.717, 1.165) is 13.0 Å². The lowest BCUT2D eigenvalue weighted by molar-refractivity contribution is 0.740. The van der Waals surface area contributed by atoms with Gasteiger partial charge in [-0.15, -0.1) is 0 Å². The van der Waals surface area contributed by atoms with Gasteiger partial charge in [0.25, 0.3) is 0 Å². The number of nitrogens with two attached hydrogens (primary N) is 1. The fourth-order valence-corrected chi connectivity index (χ4v) is 1.78. The minimum Gasteiger partial charge on any atom is -0.330 e. The van der Waals surface area contributed by atoms with Crippen molar-refractivity contribution < 1.29 is 0 Å². The number of hydrogen-bond donors (Lipinski definition) is 1. The Morgan fingerprint density at radius 1 is 1.20 bits per heavy atom. The van der Waals surface area contributed by atoms with Crippen LogP contribution in [0, 0.1) is 6.92 Å². The van der Waals surface area contributed by atoms with Crippen LogP contribution in [0.3, 0.4) is 0 Å². The lowest BCUT2D eigenvalue weighted by atomic mass is 9.95. The molecule has 84 valence electrons. The highest BCUT2D eigenvalue weighted by Gasteiger charge is 2.03. The van der Waals surface area contributed by atoms with Crippen molar-refractivity contribution in [2.45, 2.75) is 46.0 Å². The van der Waals surface area contributed by atoms with Crippen molar-refractivity contribution in [2.24, 2.45) is 5.73 Å². The zero-order valence-electron chi connectivity index (χ0n) is 10.2. The summed E-state index contributed by atoms with van der Waals surface area (Å²) in [5.41, 5.74) is 9.86. The predicted molar refractivity (Wildman–Crippen MR) is 67.3 cm³/mol. The first-order valence-corrected chi connectivity index (χ1v) is 5.94. The first-order valence-electron chi connectivity index (χ1n) is 5.94. The third kappa shape index (κ3) is 3.67. The van der Waals surface area contributed by atoms with Crippen LogP contribution in [-0.4, -0.2) is 6.54 Å². The van der Waals surface area contributed by atoms with Gasteiger partial charge in [0.05, 0.1) is 0 Å². The highest BCUT2D eigenvalue weighted by atomic mass is 14.5. The fourth-order valence-electron chi connectivity index (χ4n) is 1.78. The van der Waals surface area contributed by atoms with Gasteiger partial charge in [-0.25, -0.2) is 0 Å². The molecule has 0 fully saturated rings. The van der Waals surface area contributed by atoms with Gasteiger partial charge in [-0.05, 0) is 55.3 Å². The number of rotatable bonds is 5. The van der Waals surface area contributed by atoms with Crippen LogP contribution in [0.4, 0.5) is 0 Å². The maximum atomic E-state index is 5.51. The topological polar surface area (TPSA) is 26.0 Å². The predicted octanol–water partition coefficient (Wildman–Crippen LogP) is 3.40. The molecule has 0 unspecified atom stereocenters. The summed E-state index contributed by atoms with van der Waals surface area (Å²) in [6.07, 6.45) is 3.51. The summed E-state index contributed by atoms with van der Waals surface area (Å²) in [4.78, 5) is 0. The second kappa shape index (κ2) is 5.92. The molecule has 1 aromatic rings. The second-order valence-corrected chi connectivity index (χ2v) is 4.59. The van der Waals surface area contributed by atoms with Crippen LogP contribution in [0.15, 0.2) is 18.2 Å². The molecule has 1 aromatic carbocycles. The Morgan fingerprint density at radius 2 is 1.93 bits per heavy atom. The molecule has 0 saturated carbocycles. The van der Waals surface area contributed by atoms with Crippen molar-refractivity contribution in [1.82, 2.24) is 0 Å². The van der Waals surface area contributed by atoms with E-state index >= 15 is 0 Å². The van der Waals surface area contributed by atoms with Crippen LogP contribution in [0.25, 0.3) is 0 Å². The molecule has 0 radical (unpaired) electrons. The first-order chi connectivity index (χ1) is 7.15. The summed E-state index contributed by atoms with van der Waals surface area (Å²) in [6, 6.07) is 6.84. The zero-order chi connectivity index (χ0) is 11.3. The van der Waals surface area contributed by atoms with Crippen LogP contribution in [0.1, 0.15) is 49.3 Å². The third-order valence-corrected chi connectivity index (χ3v) is 2.94. The molecule has 15 heavy (non-hydrogen) atoms. The van der Waals surface area contributed by atoms with E-state index in [1.54, 1.807) is 0 Å². The molecule has 0 heterocycles. The molecule has 0 bridgehead atoms. The van der Waals surface area contributed by atoms with E-state index in [2.05, 4.69) is 39.0 Å². The van der Waals surface area contributed by atoms with Gasteiger partial charge in [0.1, 0.15) is 0 Å². The van der Waals surface area contributed by atoms with Crippen molar-refractivity contribution >= 4 is 0 Å². The van der Waals surface area contributed by atoms with E-state index in [0.29, 0.717) is 5.92 Å². The highest BCUT2D eigenvalue weighted by Crippen LogP contribution is 2.19. The zero-order valence-corrected chi connectivity index (χ0v) is 10.2. The number of hydrogen-bond acceptors (Lipinski definition) is 1. The van der Waals surface area contributed by atoms with Crippen LogP contribution in [0.5, 0.6) is 0 Å². The standard InChI is InChI=1S/C14H23N/c1-11(2)13-8-7-12(3)14(10-13)6-4-5-9-15/h7-8,10-11H,4-6,9,15H2,1-3H3. The Bertz CT molecular complexity index is 302. The van der Waals surface area contributed by atoms with Gasteiger partial charge in [0, 0.05) is 0 Å². The van der Waals surface area contributed by atoms with Gasteiger partial charge in [0.15, 0.2) is 0 Å². The Hall–Kier alpha value is -0.820. The SMILES string of the molecule is Cc1ccc(C(C)C)cc1CCCCN. The lowest BCUT2D eigenvalue weighted by Crippen LogP contribution is -2.00. The molecule has 1 rings (SSSR count). The fraction of sp³-hybridized carbons (Fsp3) is 0.571. The maximum Gasteiger partial charge on any atom is -0.00772 e. The second-order valence-electron chi connectivity index (χ2n) is 4.59. The third-order valence-electron chi connectivity index (χ3n) is 2.94. The normalized spacial score (nSPS) is 11.0. The summed E-state index contributed by atoms with van der Waals surface area (Å²) < 4.78 is 0. The molecule has 1 heteroatoms. The van der Waals surface area contributed by atoms with E-state index in [9.17, 15) is 0 Å². The van der Waals surface area contributed by atoms with Crippen LogP contribution in [0.2, 0.25) is 0 Å².